The van der Waals surface area contributed by atoms with E-state index in [9.17, 15) is 4.79 Å². The third kappa shape index (κ3) is 1.64. The number of amides is 1. The highest BCUT2D eigenvalue weighted by Crippen LogP contribution is 2.63. The van der Waals surface area contributed by atoms with Crippen LogP contribution in [0.4, 0.5) is 11.4 Å². The number of carbonyl (C=O) groups is 1. The first-order valence-electron chi connectivity index (χ1n) is 6.14. The van der Waals surface area contributed by atoms with Crippen molar-refractivity contribution < 1.29 is 4.79 Å². The summed E-state index contributed by atoms with van der Waals surface area (Å²) in [5.74, 6) is -0.495. The largest absolute Gasteiger partial charge is 0.396 e. The van der Waals surface area contributed by atoms with Gasteiger partial charge in [-0.25, -0.2) is 0 Å². The van der Waals surface area contributed by atoms with Crippen molar-refractivity contribution in [3.05, 3.63) is 23.8 Å². The molecule has 1 aliphatic rings. The molecule has 4 nitrogen and oxygen atoms in total. The van der Waals surface area contributed by atoms with Gasteiger partial charge in [-0.2, -0.15) is 0 Å². The van der Waals surface area contributed by atoms with E-state index >= 15 is 0 Å². The first kappa shape index (κ1) is 12.7. The Morgan fingerprint density at radius 2 is 1.78 bits per heavy atom. The minimum atomic E-state index is -0.495. The minimum Gasteiger partial charge on any atom is -0.396 e. The number of nitrogens with two attached hydrogens (primary N) is 2. The summed E-state index contributed by atoms with van der Waals surface area (Å²) in [5, 5.41) is 3.43. The summed E-state index contributed by atoms with van der Waals surface area (Å²) in [4.78, 5) is 11.2. The van der Waals surface area contributed by atoms with Gasteiger partial charge in [0.1, 0.15) is 0 Å². The van der Waals surface area contributed by atoms with E-state index in [2.05, 4.69) is 33.0 Å². The van der Waals surface area contributed by atoms with Gasteiger partial charge in [-0.15, -0.1) is 0 Å². The predicted molar refractivity (Wildman–Crippen MR) is 74.3 cm³/mol. The highest BCUT2D eigenvalue weighted by Gasteiger charge is 2.65. The quantitative estimate of drug-likeness (QED) is 0.716. The molecule has 98 valence electrons. The number of benzene rings is 1. The van der Waals surface area contributed by atoms with Crippen LogP contribution in [0, 0.1) is 10.8 Å². The van der Waals surface area contributed by atoms with Crippen molar-refractivity contribution in [2.75, 3.05) is 11.1 Å². The van der Waals surface area contributed by atoms with Crippen LogP contribution >= 0.6 is 0 Å². The first-order chi connectivity index (χ1) is 8.19. The van der Waals surface area contributed by atoms with Crippen molar-refractivity contribution in [2.45, 2.75) is 33.7 Å². The van der Waals surface area contributed by atoms with E-state index in [4.69, 9.17) is 11.5 Å². The Labute approximate surface area is 108 Å². The lowest BCUT2D eigenvalue weighted by Gasteiger charge is -2.13. The Morgan fingerprint density at radius 3 is 2.22 bits per heavy atom. The maximum atomic E-state index is 11.2. The van der Waals surface area contributed by atoms with Crippen LogP contribution in [0.15, 0.2) is 18.2 Å². The minimum absolute atomic E-state index is 0.210. The molecule has 0 unspecified atom stereocenters. The van der Waals surface area contributed by atoms with E-state index in [1.165, 1.54) is 0 Å². The van der Waals surface area contributed by atoms with Crippen molar-refractivity contribution >= 4 is 17.3 Å². The van der Waals surface area contributed by atoms with E-state index in [1.807, 2.05) is 6.07 Å². The van der Waals surface area contributed by atoms with Gasteiger partial charge in [0, 0.05) is 6.04 Å². The Balaban J connectivity index is 2.27. The molecule has 5 N–H and O–H groups in total. The molecule has 0 bridgehead atoms. The van der Waals surface area contributed by atoms with Gasteiger partial charge in [0.05, 0.1) is 16.9 Å². The molecule has 0 spiro atoms. The Kier molecular flexibility index (Phi) is 2.58. The number of hydrogen-bond donors (Lipinski definition) is 3. The van der Waals surface area contributed by atoms with Crippen molar-refractivity contribution in [3.8, 4) is 0 Å². The highest BCUT2D eigenvalue weighted by molar-refractivity contribution is 6.00. The summed E-state index contributed by atoms with van der Waals surface area (Å²) in [7, 11) is 0. The predicted octanol–water partition coefficient (Wildman–Crippen LogP) is 2.21. The molecule has 1 aliphatic carbocycles. The number of hydrogen-bond acceptors (Lipinski definition) is 3. The second-order valence-electron chi connectivity index (χ2n) is 6.15. The van der Waals surface area contributed by atoms with E-state index in [0.29, 0.717) is 17.3 Å². The second-order valence-corrected chi connectivity index (χ2v) is 6.15. The lowest BCUT2D eigenvalue weighted by molar-refractivity contribution is 0.100. The molecule has 1 saturated carbocycles. The molecule has 0 radical (unpaired) electrons. The fraction of sp³-hybridized carbons (Fsp3) is 0.500. The molecule has 1 fully saturated rings. The normalized spacial score (nSPS) is 20.4. The summed E-state index contributed by atoms with van der Waals surface area (Å²) in [6, 6.07) is 5.66. The maximum absolute atomic E-state index is 11.2. The van der Waals surface area contributed by atoms with Crippen LogP contribution in [-0.2, 0) is 0 Å². The van der Waals surface area contributed by atoms with Crippen molar-refractivity contribution in [3.63, 3.8) is 0 Å². The van der Waals surface area contributed by atoms with E-state index < -0.39 is 5.91 Å². The topological polar surface area (TPSA) is 81.1 Å². The molecule has 4 heteroatoms. The average molecular weight is 247 g/mol. The van der Waals surface area contributed by atoms with Crippen LogP contribution in [0.25, 0.3) is 0 Å². The van der Waals surface area contributed by atoms with E-state index in [1.54, 1.807) is 12.1 Å². The fourth-order valence-electron chi connectivity index (χ4n) is 2.62. The van der Waals surface area contributed by atoms with Crippen LogP contribution in [0.2, 0.25) is 0 Å². The monoisotopic (exact) mass is 247 g/mol. The molecule has 0 saturated heterocycles. The van der Waals surface area contributed by atoms with Crippen LogP contribution in [0.3, 0.4) is 0 Å². The highest BCUT2D eigenvalue weighted by atomic mass is 16.1. The lowest BCUT2D eigenvalue weighted by Crippen LogP contribution is -2.17. The summed E-state index contributed by atoms with van der Waals surface area (Å²) in [5.41, 5.74) is 13.3. The van der Waals surface area contributed by atoms with Gasteiger partial charge in [0.2, 0.25) is 0 Å². The van der Waals surface area contributed by atoms with Crippen LogP contribution in [0.1, 0.15) is 38.1 Å². The molecule has 1 aromatic carbocycles. The number of nitrogen functional groups attached to an aromatic ring is 1. The van der Waals surface area contributed by atoms with Crippen molar-refractivity contribution in [2.24, 2.45) is 16.6 Å². The fourth-order valence-corrected chi connectivity index (χ4v) is 2.62. The van der Waals surface area contributed by atoms with Gasteiger partial charge in [0.25, 0.3) is 5.91 Å². The molecule has 1 aromatic rings. The maximum Gasteiger partial charge on any atom is 0.250 e. The van der Waals surface area contributed by atoms with Crippen LogP contribution in [-0.4, -0.2) is 11.9 Å². The van der Waals surface area contributed by atoms with Crippen LogP contribution in [0.5, 0.6) is 0 Å². The van der Waals surface area contributed by atoms with Gasteiger partial charge in [-0.3, -0.25) is 4.79 Å². The van der Waals surface area contributed by atoms with Gasteiger partial charge < -0.3 is 16.8 Å². The summed E-state index contributed by atoms with van der Waals surface area (Å²) in [6.07, 6.45) is 0. The van der Waals surface area contributed by atoms with Gasteiger partial charge >= 0.3 is 0 Å². The molecule has 0 heterocycles. The summed E-state index contributed by atoms with van der Waals surface area (Å²) < 4.78 is 0. The Bertz CT molecular complexity index is 492. The van der Waals surface area contributed by atoms with E-state index in [-0.39, 0.29) is 10.8 Å². The van der Waals surface area contributed by atoms with Gasteiger partial charge in [-0.05, 0) is 23.0 Å². The van der Waals surface area contributed by atoms with Gasteiger partial charge in [-0.1, -0.05) is 33.8 Å². The number of carbonyl (C=O) groups excluding carboxylic acids is 1. The zero-order valence-electron chi connectivity index (χ0n) is 11.4. The number of anilines is 2. The molecular weight excluding hydrogens is 226 g/mol. The number of nitrogens with one attached hydrogen (secondary N) is 1. The second kappa shape index (κ2) is 3.64. The summed E-state index contributed by atoms with van der Waals surface area (Å²) in [6.45, 7) is 8.88. The molecular formula is C14H21N3O. The Hall–Kier alpha value is -1.71. The zero-order valence-corrected chi connectivity index (χ0v) is 11.4. The molecule has 18 heavy (non-hydrogen) atoms. The third-order valence-corrected chi connectivity index (χ3v) is 4.69. The number of rotatable bonds is 3. The lowest BCUT2D eigenvalue weighted by atomic mass is 10.0. The average Bonchev–Trinajstić information content (AvgIpc) is 2.63. The van der Waals surface area contributed by atoms with Crippen molar-refractivity contribution in [1.29, 1.82) is 0 Å². The van der Waals surface area contributed by atoms with E-state index in [0.717, 1.165) is 5.69 Å². The SMILES string of the molecule is CC1(C)C(Nc2cccc(C(N)=O)c2N)C1(C)C. The summed E-state index contributed by atoms with van der Waals surface area (Å²) >= 11 is 0. The molecule has 0 aromatic heterocycles. The smallest absolute Gasteiger partial charge is 0.250 e. The third-order valence-electron chi connectivity index (χ3n) is 4.69. The van der Waals surface area contributed by atoms with Crippen LogP contribution < -0.4 is 16.8 Å². The molecule has 2 rings (SSSR count). The number of primary amides is 1. The number of para-hydroxylation sites is 1. The molecule has 0 atom stereocenters. The first-order valence-corrected chi connectivity index (χ1v) is 6.14. The Morgan fingerprint density at radius 1 is 1.22 bits per heavy atom. The zero-order chi connectivity index (χ0) is 13.7. The molecule has 0 aliphatic heterocycles. The standard InChI is InChI=1S/C14H21N3O/c1-13(2)12(14(13,3)4)17-9-7-5-6-8(10(9)15)11(16)18/h5-7,12,17H,15H2,1-4H3,(H2,16,18). The van der Waals surface area contributed by atoms with Gasteiger partial charge in [0.15, 0.2) is 0 Å². The van der Waals surface area contributed by atoms with Crippen molar-refractivity contribution in [1.82, 2.24) is 0 Å². The molecule has 1 amide bonds.